The lowest BCUT2D eigenvalue weighted by molar-refractivity contribution is -0.137. The molecular formula is C20H21BrF3NO4. The zero-order valence-corrected chi connectivity index (χ0v) is 17.2. The van der Waals surface area contributed by atoms with E-state index in [-0.39, 0.29) is 31.2 Å². The van der Waals surface area contributed by atoms with Crippen molar-refractivity contribution in [1.82, 2.24) is 5.32 Å². The third-order valence-corrected chi connectivity index (χ3v) is 4.62. The van der Waals surface area contributed by atoms with E-state index in [4.69, 9.17) is 9.47 Å². The minimum Gasteiger partial charge on any atom is -0.496 e. The Morgan fingerprint density at radius 1 is 1.24 bits per heavy atom. The summed E-state index contributed by atoms with van der Waals surface area (Å²) in [5.41, 5.74) is 0.115. The molecule has 0 aliphatic heterocycles. The lowest BCUT2D eigenvalue weighted by Gasteiger charge is -2.14. The Bertz CT molecular complexity index is 830. The Hall–Kier alpha value is -2.26. The number of hydrogen-bond donors (Lipinski definition) is 2. The fraction of sp³-hybridized carbons (Fsp3) is 0.350. The van der Waals surface area contributed by atoms with Gasteiger partial charge in [0.25, 0.3) is 0 Å². The van der Waals surface area contributed by atoms with Crippen LogP contribution in [-0.2, 0) is 17.4 Å². The van der Waals surface area contributed by atoms with E-state index in [2.05, 4.69) is 21.2 Å². The number of alkyl halides is 3. The number of hydrogen-bond acceptors (Lipinski definition) is 4. The van der Waals surface area contributed by atoms with Crippen LogP contribution in [-0.4, -0.2) is 37.4 Å². The van der Waals surface area contributed by atoms with Crippen molar-refractivity contribution < 1.29 is 32.5 Å². The average molecular weight is 476 g/mol. The molecule has 2 rings (SSSR count). The maximum absolute atomic E-state index is 12.7. The molecule has 2 aromatic rings. The number of carbonyl (C=O) groups excluding carboxylic acids is 1. The van der Waals surface area contributed by atoms with Gasteiger partial charge in [0.15, 0.2) is 0 Å². The van der Waals surface area contributed by atoms with Gasteiger partial charge in [0, 0.05) is 13.0 Å². The Morgan fingerprint density at radius 3 is 2.66 bits per heavy atom. The molecule has 0 fully saturated rings. The number of amides is 1. The summed E-state index contributed by atoms with van der Waals surface area (Å²) in [5.74, 6) is 0.437. The molecule has 0 aromatic heterocycles. The number of halogens is 4. The van der Waals surface area contributed by atoms with Crippen molar-refractivity contribution in [3.8, 4) is 11.5 Å². The molecule has 0 aliphatic carbocycles. The third-order valence-electron chi connectivity index (χ3n) is 4.00. The number of aliphatic hydroxyl groups is 1. The van der Waals surface area contributed by atoms with E-state index in [9.17, 15) is 23.1 Å². The maximum atomic E-state index is 12.7. The summed E-state index contributed by atoms with van der Waals surface area (Å²) in [6.07, 6.45) is -4.79. The molecule has 0 radical (unpaired) electrons. The van der Waals surface area contributed by atoms with Gasteiger partial charge in [0.2, 0.25) is 5.91 Å². The first kappa shape index (κ1) is 23.0. The summed E-state index contributed by atoms with van der Waals surface area (Å²) in [4.78, 5) is 11.9. The summed E-state index contributed by atoms with van der Waals surface area (Å²) in [6, 6.07) is 9.91. The highest BCUT2D eigenvalue weighted by Crippen LogP contribution is 2.31. The zero-order chi connectivity index (χ0) is 21.4. The number of nitrogens with one attached hydrogen (secondary N) is 1. The molecule has 2 aromatic carbocycles. The minimum absolute atomic E-state index is 0.00437. The van der Waals surface area contributed by atoms with Crippen LogP contribution >= 0.6 is 15.9 Å². The molecule has 0 aliphatic rings. The number of aliphatic hydroxyl groups excluding tert-OH is 1. The zero-order valence-electron chi connectivity index (χ0n) is 15.6. The predicted octanol–water partition coefficient (Wildman–Crippen LogP) is 3.97. The first-order valence-corrected chi connectivity index (χ1v) is 9.55. The van der Waals surface area contributed by atoms with Crippen LogP contribution in [0, 0.1) is 0 Å². The summed E-state index contributed by atoms with van der Waals surface area (Å²) in [7, 11) is 1.56. The largest absolute Gasteiger partial charge is 0.496 e. The van der Waals surface area contributed by atoms with Gasteiger partial charge in [-0.3, -0.25) is 4.79 Å². The van der Waals surface area contributed by atoms with Gasteiger partial charge >= 0.3 is 6.18 Å². The lowest BCUT2D eigenvalue weighted by Crippen LogP contribution is -2.35. The van der Waals surface area contributed by atoms with Crippen molar-refractivity contribution in [1.29, 1.82) is 0 Å². The Kier molecular flexibility index (Phi) is 8.33. The highest BCUT2D eigenvalue weighted by atomic mass is 79.9. The van der Waals surface area contributed by atoms with Gasteiger partial charge in [0.1, 0.15) is 24.2 Å². The first-order chi connectivity index (χ1) is 13.7. The Morgan fingerprint density at radius 2 is 2.00 bits per heavy atom. The monoisotopic (exact) mass is 475 g/mol. The minimum atomic E-state index is -4.47. The molecule has 1 unspecified atom stereocenters. The molecule has 9 heteroatoms. The van der Waals surface area contributed by atoms with E-state index in [1.54, 1.807) is 13.2 Å². The van der Waals surface area contributed by atoms with Crippen LogP contribution in [0.2, 0.25) is 0 Å². The van der Waals surface area contributed by atoms with Gasteiger partial charge in [-0.15, -0.1) is 0 Å². The second-order valence-electron chi connectivity index (χ2n) is 6.26. The van der Waals surface area contributed by atoms with Crippen molar-refractivity contribution >= 4 is 21.8 Å². The van der Waals surface area contributed by atoms with Gasteiger partial charge in [-0.2, -0.15) is 13.2 Å². The van der Waals surface area contributed by atoms with Crippen molar-refractivity contribution in [2.45, 2.75) is 25.1 Å². The van der Waals surface area contributed by atoms with Crippen LogP contribution in [0.25, 0.3) is 0 Å². The Labute approximate surface area is 175 Å². The van der Waals surface area contributed by atoms with Crippen molar-refractivity contribution in [2.24, 2.45) is 0 Å². The topological polar surface area (TPSA) is 67.8 Å². The number of rotatable bonds is 9. The quantitative estimate of drug-likeness (QED) is 0.575. The van der Waals surface area contributed by atoms with Crippen LogP contribution in [0.3, 0.4) is 0 Å². The number of benzene rings is 2. The SMILES string of the molecule is COc1ccc(CCC(=O)NCC(O)COc2cccc(C(F)(F)F)c2)cc1Br. The molecule has 5 nitrogen and oxygen atoms in total. The van der Waals surface area contributed by atoms with E-state index in [0.717, 1.165) is 22.2 Å². The lowest BCUT2D eigenvalue weighted by atomic mass is 10.1. The molecule has 0 heterocycles. The molecule has 0 saturated heterocycles. The van der Waals surface area contributed by atoms with Crippen molar-refractivity contribution in [2.75, 3.05) is 20.3 Å². The molecular weight excluding hydrogens is 455 g/mol. The second kappa shape index (κ2) is 10.5. The normalized spacial score (nSPS) is 12.3. The van der Waals surface area contributed by atoms with Crippen molar-refractivity contribution in [3.63, 3.8) is 0 Å². The number of aryl methyl sites for hydroxylation is 1. The van der Waals surface area contributed by atoms with Gasteiger partial charge in [-0.1, -0.05) is 12.1 Å². The molecule has 158 valence electrons. The molecule has 29 heavy (non-hydrogen) atoms. The highest BCUT2D eigenvalue weighted by molar-refractivity contribution is 9.10. The van der Waals surface area contributed by atoms with Crippen LogP contribution in [0.1, 0.15) is 17.5 Å². The molecule has 1 atom stereocenters. The molecule has 0 saturated carbocycles. The number of methoxy groups -OCH3 is 1. The standard InChI is InChI=1S/C20H21BrF3NO4/c1-28-18-7-5-13(9-17(18)21)6-8-19(27)25-11-15(26)12-29-16-4-2-3-14(10-16)20(22,23)24/h2-5,7,9-10,15,26H,6,8,11-12H2,1H3,(H,25,27). The summed E-state index contributed by atoms with van der Waals surface area (Å²) in [6.45, 7) is -0.308. The Balaban J connectivity index is 1.73. The van der Waals surface area contributed by atoms with Gasteiger partial charge in [-0.25, -0.2) is 0 Å². The van der Waals surface area contributed by atoms with Gasteiger partial charge in [-0.05, 0) is 58.2 Å². The van der Waals surface area contributed by atoms with Crippen LogP contribution in [0.5, 0.6) is 11.5 Å². The fourth-order valence-corrected chi connectivity index (χ4v) is 3.04. The van der Waals surface area contributed by atoms with E-state index in [1.165, 1.54) is 12.1 Å². The van der Waals surface area contributed by atoms with E-state index < -0.39 is 17.8 Å². The predicted molar refractivity (Wildman–Crippen MR) is 105 cm³/mol. The molecule has 0 bridgehead atoms. The molecule has 0 spiro atoms. The van der Waals surface area contributed by atoms with Crippen LogP contribution < -0.4 is 14.8 Å². The molecule has 1 amide bonds. The summed E-state index contributed by atoms with van der Waals surface area (Å²) < 4.78 is 49.1. The summed E-state index contributed by atoms with van der Waals surface area (Å²) >= 11 is 3.38. The average Bonchev–Trinajstić information content (AvgIpc) is 2.68. The van der Waals surface area contributed by atoms with E-state index in [1.807, 2.05) is 12.1 Å². The summed E-state index contributed by atoms with van der Waals surface area (Å²) in [5, 5.41) is 12.5. The third kappa shape index (κ3) is 7.58. The highest BCUT2D eigenvalue weighted by Gasteiger charge is 2.30. The van der Waals surface area contributed by atoms with Crippen LogP contribution in [0.4, 0.5) is 13.2 Å². The second-order valence-corrected chi connectivity index (χ2v) is 7.12. The van der Waals surface area contributed by atoms with Crippen LogP contribution in [0.15, 0.2) is 46.9 Å². The maximum Gasteiger partial charge on any atom is 0.416 e. The number of ether oxygens (including phenoxy) is 2. The van der Waals surface area contributed by atoms with Gasteiger partial charge < -0.3 is 19.9 Å². The van der Waals surface area contributed by atoms with E-state index >= 15 is 0 Å². The smallest absolute Gasteiger partial charge is 0.416 e. The first-order valence-electron chi connectivity index (χ1n) is 8.76. The fourth-order valence-electron chi connectivity index (χ4n) is 2.46. The van der Waals surface area contributed by atoms with Crippen molar-refractivity contribution in [3.05, 3.63) is 58.1 Å². The van der Waals surface area contributed by atoms with Gasteiger partial charge in [0.05, 0.1) is 17.1 Å². The number of carbonyl (C=O) groups is 1. The van der Waals surface area contributed by atoms with E-state index in [0.29, 0.717) is 12.2 Å². The molecule has 2 N–H and O–H groups in total.